The highest BCUT2D eigenvalue weighted by atomic mass is 16.5. The molecule has 3 nitrogen and oxygen atoms in total. The Balaban J connectivity index is 1.69. The maximum atomic E-state index is 12.1. The molecule has 1 saturated carbocycles. The van der Waals surface area contributed by atoms with E-state index in [-0.39, 0.29) is 11.9 Å². The van der Waals surface area contributed by atoms with Gasteiger partial charge in [0.1, 0.15) is 0 Å². The second kappa shape index (κ2) is 5.33. The van der Waals surface area contributed by atoms with E-state index in [4.69, 9.17) is 4.74 Å². The number of ether oxygens (including phenoxy) is 1. The van der Waals surface area contributed by atoms with Crippen LogP contribution in [0, 0.1) is 11.8 Å². The Morgan fingerprint density at radius 2 is 2.11 bits per heavy atom. The summed E-state index contributed by atoms with van der Waals surface area (Å²) in [5.41, 5.74) is 1.33. The fourth-order valence-electron chi connectivity index (χ4n) is 3.70. The average molecular weight is 259 g/mol. The Morgan fingerprint density at radius 3 is 2.84 bits per heavy atom. The van der Waals surface area contributed by atoms with Gasteiger partial charge in [0.25, 0.3) is 0 Å². The Kier molecular flexibility index (Phi) is 3.56. The largest absolute Gasteiger partial charge is 0.466 e. The van der Waals surface area contributed by atoms with Crippen LogP contribution in [0.3, 0.4) is 0 Å². The summed E-state index contributed by atoms with van der Waals surface area (Å²) in [7, 11) is 0. The number of likely N-dealkylation sites (tertiary alicyclic amines) is 1. The number of fused-ring (bicyclic) bond motifs is 2. The highest BCUT2D eigenvalue weighted by molar-refractivity contribution is 5.74. The molecular formula is C16H21NO2. The summed E-state index contributed by atoms with van der Waals surface area (Å²) in [4.78, 5) is 14.5. The van der Waals surface area contributed by atoms with Crippen molar-refractivity contribution in [2.24, 2.45) is 11.8 Å². The van der Waals surface area contributed by atoms with Gasteiger partial charge in [-0.3, -0.25) is 9.69 Å². The maximum Gasteiger partial charge on any atom is 0.310 e. The summed E-state index contributed by atoms with van der Waals surface area (Å²) in [6.45, 7) is 4.38. The first-order valence-corrected chi connectivity index (χ1v) is 7.24. The second-order valence-electron chi connectivity index (χ2n) is 5.60. The molecule has 2 fully saturated rings. The first-order chi connectivity index (χ1) is 9.29. The molecule has 1 heterocycles. The van der Waals surface area contributed by atoms with Crippen LogP contribution in [0.4, 0.5) is 0 Å². The molecule has 0 aromatic heterocycles. The van der Waals surface area contributed by atoms with E-state index in [2.05, 4.69) is 29.2 Å². The summed E-state index contributed by atoms with van der Waals surface area (Å²) in [6.07, 6.45) is 2.32. The topological polar surface area (TPSA) is 29.5 Å². The predicted molar refractivity (Wildman–Crippen MR) is 73.5 cm³/mol. The van der Waals surface area contributed by atoms with Gasteiger partial charge < -0.3 is 4.74 Å². The van der Waals surface area contributed by atoms with Crippen LogP contribution < -0.4 is 0 Å². The lowest BCUT2D eigenvalue weighted by Gasteiger charge is -2.27. The monoisotopic (exact) mass is 259 g/mol. The molecule has 0 unspecified atom stereocenters. The lowest BCUT2D eigenvalue weighted by Crippen LogP contribution is -2.34. The number of benzene rings is 1. The number of carbonyl (C=O) groups is 1. The van der Waals surface area contributed by atoms with Gasteiger partial charge in [-0.25, -0.2) is 0 Å². The number of nitrogens with zero attached hydrogens (tertiary/aromatic N) is 1. The van der Waals surface area contributed by atoms with Crippen LogP contribution in [-0.4, -0.2) is 30.1 Å². The smallest absolute Gasteiger partial charge is 0.310 e. The van der Waals surface area contributed by atoms with Crippen molar-refractivity contribution in [1.82, 2.24) is 4.90 Å². The molecule has 2 aliphatic rings. The summed E-state index contributed by atoms with van der Waals surface area (Å²) in [5, 5.41) is 0. The van der Waals surface area contributed by atoms with E-state index in [0.29, 0.717) is 18.6 Å². The van der Waals surface area contributed by atoms with Crippen LogP contribution in [0.15, 0.2) is 30.3 Å². The van der Waals surface area contributed by atoms with Crippen LogP contribution in [0.1, 0.15) is 25.3 Å². The molecule has 3 heteroatoms. The molecule has 102 valence electrons. The molecule has 0 N–H and O–H groups in total. The Hall–Kier alpha value is -1.35. The lowest BCUT2D eigenvalue weighted by atomic mass is 9.99. The highest BCUT2D eigenvalue weighted by Gasteiger charge is 2.50. The fraction of sp³-hybridized carbons (Fsp3) is 0.562. The van der Waals surface area contributed by atoms with Crippen LogP contribution >= 0.6 is 0 Å². The molecule has 1 aromatic rings. The quantitative estimate of drug-likeness (QED) is 0.778. The third kappa shape index (κ3) is 2.39. The number of hydrogen-bond donors (Lipinski definition) is 0. The number of hydrogen-bond acceptors (Lipinski definition) is 3. The van der Waals surface area contributed by atoms with Gasteiger partial charge in [0, 0.05) is 19.1 Å². The van der Waals surface area contributed by atoms with Crippen molar-refractivity contribution in [2.75, 3.05) is 13.2 Å². The van der Waals surface area contributed by atoms with Gasteiger partial charge in [0.2, 0.25) is 0 Å². The zero-order valence-electron chi connectivity index (χ0n) is 11.4. The summed E-state index contributed by atoms with van der Waals surface area (Å²) in [6, 6.07) is 10.9. The van der Waals surface area contributed by atoms with Crippen molar-refractivity contribution in [3.05, 3.63) is 35.9 Å². The van der Waals surface area contributed by atoms with E-state index in [1.165, 1.54) is 12.0 Å². The van der Waals surface area contributed by atoms with Crippen LogP contribution in [0.5, 0.6) is 0 Å². The number of piperidine rings is 1. The molecule has 2 bridgehead atoms. The minimum absolute atomic E-state index is 0.0190. The molecule has 1 aromatic carbocycles. The van der Waals surface area contributed by atoms with E-state index in [1.807, 2.05) is 13.0 Å². The second-order valence-corrected chi connectivity index (χ2v) is 5.60. The van der Waals surface area contributed by atoms with Gasteiger partial charge in [-0.05, 0) is 31.2 Å². The molecule has 0 radical (unpaired) electrons. The lowest BCUT2D eigenvalue weighted by molar-refractivity contribution is -0.149. The van der Waals surface area contributed by atoms with Gasteiger partial charge >= 0.3 is 5.97 Å². The summed E-state index contributed by atoms with van der Waals surface area (Å²) in [5.74, 6) is 0.641. The molecule has 0 spiro atoms. The Morgan fingerprint density at radius 1 is 1.32 bits per heavy atom. The van der Waals surface area contributed by atoms with Crippen molar-refractivity contribution < 1.29 is 9.53 Å². The third-order valence-corrected chi connectivity index (χ3v) is 4.48. The van der Waals surface area contributed by atoms with Crippen LogP contribution in [0.25, 0.3) is 0 Å². The van der Waals surface area contributed by atoms with Gasteiger partial charge in [-0.2, -0.15) is 0 Å². The minimum atomic E-state index is 0.0190. The van der Waals surface area contributed by atoms with Crippen molar-refractivity contribution in [3.63, 3.8) is 0 Å². The molecule has 3 atom stereocenters. The fourth-order valence-corrected chi connectivity index (χ4v) is 3.70. The number of rotatable bonds is 4. The van der Waals surface area contributed by atoms with Crippen molar-refractivity contribution in [1.29, 1.82) is 0 Å². The average Bonchev–Trinajstić information content (AvgIpc) is 2.97. The minimum Gasteiger partial charge on any atom is -0.466 e. The number of carbonyl (C=O) groups excluding carboxylic acids is 1. The standard InChI is InChI=1S/C16H21NO2/c1-2-19-16(18)15-13-8-9-14(15)17(11-13)10-12-6-4-3-5-7-12/h3-7,13-15H,2,8-11H2,1H3/t13-,14+,15-/m1/s1. The zero-order chi connectivity index (χ0) is 13.2. The van der Waals surface area contributed by atoms with E-state index in [1.54, 1.807) is 0 Å². The molecule has 19 heavy (non-hydrogen) atoms. The van der Waals surface area contributed by atoms with Crippen molar-refractivity contribution >= 4 is 5.97 Å². The van der Waals surface area contributed by atoms with Gasteiger partial charge in [0.15, 0.2) is 0 Å². The summed E-state index contributed by atoms with van der Waals surface area (Å²) < 4.78 is 5.24. The van der Waals surface area contributed by atoms with E-state index < -0.39 is 0 Å². The van der Waals surface area contributed by atoms with Gasteiger partial charge in [0.05, 0.1) is 12.5 Å². The third-order valence-electron chi connectivity index (χ3n) is 4.48. The highest BCUT2D eigenvalue weighted by Crippen LogP contribution is 2.43. The Bertz CT molecular complexity index is 445. The summed E-state index contributed by atoms with van der Waals surface area (Å²) >= 11 is 0. The van der Waals surface area contributed by atoms with E-state index in [9.17, 15) is 4.79 Å². The molecule has 3 rings (SSSR count). The molecule has 1 saturated heterocycles. The zero-order valence-corrected chi connectivity index (χ0v) is 11.4. The first-order valence-electron chi connectivity index (χ1n) is 7.24. The van der Waals surface area contributed by atoms with E-state index >= 15 is 0 Å². The van der Waals surface area contributed by atoms with Gasteiger partial charge in [-0.15, -0.1) is 0 Å². The van der Waals surface area contributed by atoms with E-state index in [0.717, 1.165) is 19.5 Å². The van der Waals surface area contributed by atoms with Crippen LogP contribution in [0.2, 0.25) is 0 Å². The molecular weight excluding hydrogens is 238 g/mol. The molecule has 1 aliphatic heterocycles. The van der Waals surface area contributed by atoms with Crippen molar-refractivity contribution in [3.8, 4) is 0 Å². The molecule has 0 amide bonds. The maximum absolute atomic E-state index is 12.1. The van der Waals surface area contributed by atoms with Gasteiger partial charge in [-0.1, -0.05) is 30.3 Å². The molecule has 1 aliphatic carbocycles. The first kappa shape index (κ1) is 12.7. The van der Waals surface area contributed by atoms with Crippen LogP contribution in [-0.2, 0) is 16.1 Å². The number of esters is 1. The predicted octanol–water partition coefficient (Wildman–Crippen LogP) is 2.46. The van der Waals surface area contributed by atoms with Crippen molar-refractivity contribution in [2.45, 2.75) is 32.4 Å². The Labute approximate surface area is 114 Å². The SMILES string of the molecule is CCOC(=O)[C@@H]1[C@@H]2CC[C@@H]1N(Cc1ccccc1)C2. The normalized spacial score (nSPS) is 29.6.